The molecule has 0 bridgehead atoms. The number of halogens is 2. The predicted molar refractivity (Wildman–Crippen MR) is 75.5 cm³/mol. The van der Waals surface area contributed by atoms with Crippen LogP contribution in [0.2, 0.25) is 10.3 Å². The van der Waals surface area contributed by atoms with Crippen molar-refractivity contribution in [2.45, 2.75) is 6.92 Å². The Morgan fingerprint density at radius 2 is 1.95 bits per heavy atom. The fraction of sp³-hybridized carbons (Fsp3) is 0.167. The van der Waals surface area contributed by atoms with Crippen molar-refractivity contribution in [2.24, 2.45) is 0 Å². The van der Waals surface area contributed by atoms with Crippen molar-refractivity contribution in [3.05, 3.63) is 40.3 Å². The van der Waals surface area contributed by atoms with Gasteiger partial charge in [-0.05, 0) is 42.8 Å². The van der Waals surface area contributed by atoms with Gasteiger partial charge < -0.3 is 10.1 Å². The van der Waals surface area contributed by atoms with Crippen molar-refractivity contribution in [1.82, 2.24) is 15.2 Å². The van der Waals surface area contributed by atoms with Crippen LogP contribution in [0.15, 0.2) is 24.3 Å². The number of rotatable bonds is 4. The molecular formula is C12H10Cl2N4O2. The zero-order chi connectivity index (χ0) is 14.5. The molecule has 8 heteroatoms. The number of carbonyl (C=O) groups excluding carboxylic acids is 1. The molecule has 0 fully saturated rings. The van der Waals surface area contributed by atoms with Crippen molar-refractivity contribution in [2.75, 3.05) is 11.9 Å². The number of carbonyl (C=O) groups is 1. The summed E-state index contributed by atoms with van der Waals surface area (Å²) in [6, 6.07) is 6.86. The van der Waals surface area contributed by atoms with Crippen LogP contribution in [0.5, 0.6) is 0 Å². The highest BCUT2D eigenvalue weighted by atomic mass is 35.5. The van der Waals surface area contributed by atoms with Gasteiger partial charge >= 0.3 is 5.97 Å². The Bertz CT molecular complexity index is 619. The lowest BCUT2D eigenvalue weighted by Gasteiger charge is -2.09. The number of hydrogen-bond donors (Lipinski definition) is 1. The van der Waals surface area contributed by atoms with Crippen LogP contribution in [0, 0.1) is 0 Å². The molecule has 1 aromatic heterocycles. The molecule has 0 aliphatic carbocycles. The fourth-order valence-electron chi connectivity index (χ4n) is 1.40. The highest BCUT2D eigenvalue weighted by Crippen LogP contribution is 2.20. The molecular weight excluding hydrogens is 303 g/mol. The molecule has 0 saturated heterocycles. The summed E-state index contributed by atoms with van der Waals surface area (Å²) in [6.07, 6.45) is 0. The van der Waals surface area contributed by atoms with Crippen molar-refractivity contribution >= 4 is 40.7 Å². The molecule has 104 valence electrons. The van der Waals surface area contributed by atoms with Crippen LogP contribution in [0.1, 0.15) is 17.4 Å². The summed E-state index contributed by atoms with van der Waals surface area (Å²) >= 11 is 11.5. The number of aromatic nitrogens is 3. The third-order valence-electron chi connectivity index (χ3n) is 2.24. The van der Waals surface area contributed by atoms with E-state index in [2.05, 4.69) is 20.5 Å². The van der Waals surface area contributed by atoms with Gasteiger partial charge in [0.1, 0.15) is 0 Å². The molecule has 0 radical (unpaired) electrons. The fourth-order valence-corrected chi connectivity index (χ4v) is 1.65. The number of esters is 1. The number of anilines is 2. The number of ether oxygens (including phenoxy) is 1. The molecule has 1 aromatic carbocycles. The molecule has 0 aliphatic heterocycles. The highest BCUT2D eigenvalue weighted by molar-refractivity contribution is 6.30. The standard InChI is InChI=1S/C12H10Cl2N4O2/c1-2-20-11(19)9-10(16-12(14)18-17-9)15-8-5-3-7(13)4-6-8/h3-6H,2H2,1H3,(H,15,16,18). The van der Waals surface area contributed by atoms with Gasteiger partial charge in [-0.3, -0.25) is 0 Å². The molecule has 0 amide bonds. The normalized spacial score (nSPS) is 10.2. The molecule has 0 aliphatic rings. The van der Waals surface area contributed by atoms with Gasteiger partial charge in [0.2, 0.25) is 11.0 Å². The first-order valence-corrected chi connectivity index (χ1v) is 6.45. The van der Waals surface area contributed by atoms with Crippen LogP contribution in [0.25, 0.3) is 0 Å². The molecule has 1 N–H and O–H groups in total. The van der Waals surface area contributed by atoms with Crippen LogP contribution in [0.3, 0.4) is 0 Å². The smallest absolute Gasteiger partial charge is 0.362 e. The zero-order valence-corrected chi connectivity index (χ0v) is 11.9. The second kappa shape index (κ2) is 6.49. The van der Waals surface area contributed by atoms with Gasteiger partial charge in [-0.2, -0.15) is 4.98 Å². The summed E-state index contributed by atoms with van der Waals surface area (Å²) in [7, 11) is 0. The van der Waals surface area contributed by atoms with E-state index in [4.69, 9.17) is 27.9 Å². The Labute approximate surface area is 125 Å². The Morgan fingerprint density at radius 3 is 2.60 bits per heavy atom. The first-order valence-electron chi connectivity index (χ1n) is 5.70. The van der Waals surface area contributed by atoms with Gasteiger partial charge in [-0.15, -0.1) is 10.2 Å². The van der Waals surface area contributed by atoms with E-state index >= 15 is 0 Å². The molecule has 6 nitrogen and oxygen atoms in total. The summed E-state index contributed by atoms with van der Waals surface area (Å²) < 4.78 is 4.88. The van der Waals surface area contributed by atoms with Gasteiger partial charge in [0.05, 0.1) is 6.61 Å². The van der Waals surface area contributed by atoms with Crippen LogP contribution in [-0.4, -0.2) is 27.8 Å². The van der Waals surface area contributed by atoms with E-state index in [9.17, 15) is 4.79 Å². The Morgan fingerprint density at radius 1 is 1.25 bits per heavy atom. The molecule has 2 rings (SSSR count). The predicted octanol–water partition coefficient (Wildman–Crippen LogP) is 3.10. The number of hydrogen-bond acceptors (Lipinski definition) is 6. The number of nitrogens with one attached hydrogen (secondary N) is 1. The van der Waals surface area contributed by atoms with Crippen LogP contribution < -0.4 is 5.32 Å². The van der Waals surface area contributed by atoms with Crippen molar-refractivity contribution < 1.29 is 9.53 Å². The third-order valence-corrected chi connectivity index (χ3v) is 2.65. The maximum atomic E-state index is 11.8. The minimum Gasteiger partial charge on any atom is -0.461 e. The van der Waals surface area contributed by atoms with Crippen molar-refractivity contribution in [3.63, 3.8) is 0 Å². The summed E-state index contributed by atoms with van der Waals surface area (Å²) in [4.78, 5) is 15.7. The summed E-state index contributed by atoms with van der Waals surface area (Å²) in [6.45, 7) is 1.92. The topological polar surface area (TPSA) is 77.0 Å². The number of benzene rings is 1. The molecule has 0 saturated carbocycles. The molecule has 1 heterocycles. The zero-order valence-electron chi connectivity index (χ0n) is 10.4. The van der Waals surface area contributed by atoms with E-state index in [0.29, 0.717) is 10.7 Å². The van der Waals surface area contributed by atoms with Gasteiger partial charge in [0.15, 0.2) is 5.82 Å². The maximum absolute atomic E-state index is 11.8. The van der Waals surface area contributed by atoms with E-state index in [1.165, 1.54) is 0 Å². The van der Waals surface area contributed by atoms with Gasteiger partial charge in [0, 0.05) is 10.7 Å². The number of nitrogens with zero attached hydrogens (tertiary/aromatic N) is 3. The summed E-state index contributed by atoms with van der Waals surface area (Å²) in [5, 5.41) is 10.7. The first kappa shape index (κ1) is 14.5. The molecule has 0 atom stereocenters. The third kappa shape index (κ3) is 3.55. The maximum Gasteiger partial charge on any atom is 0.362 e. The van der Waals surface area contributed by atoms with Crippen LogP contribution in [-0.2, 0) is 4.74 Å². The van der Waals surface area contributed by atoms with Gasteiger partial charge in [-0.1, -0.05) is 11.6 Å². The molecule has 20 heavy (non-hydrogen) atoms. The summed E-state index contributed by atoms with van der Waals surface area (Å²) in [5.74, 6) is -0.452. The van der Waals surface area contributed by atoms with Crippen molar-refractivity contribution in [1.29, 1.82) is 0 Å². The lowest BCUT2D eigenvalue weighted by molar-refractivity contribution is 0.0519. The second-order valence-corrected chi connectivity index (χ2v) is 4.40. The monoisotopic (exact) mass is 312 g/mol. The molecule has 0 spiro atoms. The van der Waals surface area contributed by atoms with Gasteiger partial charge in [-0.25, -0.2) is 4.79 Å². The molecule has 0 unspecified atom stereocenters. The lowest BCUT2D eigenvalue weighted by Crippen LogP contribution is -2.13. The van der Waals surface area contributed by atoms with E-state index in [1.54, 1.807) is 31.2 Å². The summed E-state index contributed by atoms with van der Waals surface area (Å²) in [5.41, 5.74) is 0.641. The second-order valence-electron chi connectivity index (χ2n) is 3.63. The molecule has 2 aromatic rings. The van der Waals surface area contributed by atoms with E-state index in [-0.39, 0.29) is 23.4 Å². The quantitative estimate of drug-likeness (QED) is 0.874. The SMILES string of the molecule is CCOC(=O)c1nnc(Cl)nc1Nc1ccc(Cl)cc1. The first-order chi connectivity index (χ1) is 9.60. The van der Waals surface area contributed by atoms with E-state index in [1.807, 2.05) is 0 Å². The Balaban J connectivity index is 2.31. The lowest BCUT2D eigenvalue weighted by atomic mass is 10.3. The van der Waals surface area contributed by atoms with Gasteiger partial charge in [0.25, 0.3) is 0 Å². The minimum absolute atomic E-state index is 0.0359. The average Bonchev–Trinajstić information content (AvgIpc) is 2.42. The van der Waals surface area contributed by atoms with Crippen LogP contribution >= 0.6 is 23.2 Å². The van der Waals surface area contributed by atoms with Crippen LogP contribution in [0.4, 0.5) is 11.5 Å². The largest absolute Gasteiger partial charge is 0.461 e. The minimum atomic E-state index is -0.624. The van der Waals surface area contributed by atoms with E-state index < -0.39 is 5.97 Å². The van der Waals surface area contributed by atoms with Crippen molar-refractivity contribution in [3.8, 4) is 0 Å². The van der Waals surface area contributed by atoms with E-state index in [0.717, 1.165) is 0 Å². The highest BCUT2D eigenvalue weighted by Gasteiger charge is 2.18. The average molecular weight is 313 g/mol. The Hall–Kier alpha value is -1.92. The Kier molecular flexibility index (Phi) is 4.70.